The van der Waals surface area contributed by atoms with Crippen LogP contribution >= 0.6 is 0 Å². The molecule has 0 aliphatic carbocycles. The minimum Gasteiger partial charge on any atom is -0.508 e. The van der Waals surface area contributed by atoms with Crippen LogP contribution in [0.2, 0.25) is 0 Å². The summed E-state index contributed by atoms with van der Waals surface area (Å²) in [4.78, 5) is 0. The quantitative estimate of drug-likeness (QED) is 0.629. The van der Waals surface area contributed by atoms with Gasteiger partial charge in [0, 0.05) is 22.9 Å². The van der Waals surface area contributed by atoms with Crippen LogP contribution in [0.25, 0.3) is 22.4 Å². The molecule has 0 saturated heterocycles. The van der Waals surface area contributed by atoms with E-state index in [4.69, 9.17) is 7.85 Å². The molecule has 0 fully saturated rings. The molecule has 0 amide bonds. The van der Waals surface area contributed by atoms with Crippen LogP contribution in [0.5, 0.6) is 11.5 Å². The highest BCUT2D eigenvalue weighted by molar-refractivity contribution is 6.32. The second kappa shape index (κ2) is 5.02. The lowest BCUT2D eigenvalue weighted by atomic mass is 9.92. The van der Waals surface area contributed by atoms with E-state index in [2.05, 4.69) is 10.2 Å². The van der Waals surface area contributed by atoms with Crippen molar-refractivity contribution in [1.29, 1.82) is 0 Å². The van der Waals surface area contributed by atoms with E-state index in [1.807, 2.05) is 31.2 Å². The molecule has 3 aromatic rings. The Labute approximate surface area is 123 Å². The van der Waals surface area contributed by atoms with E-state index in [1.54, 1.807) is 6.07 Å². The number of nitrogens with one attached hydrogen (secondary N) is 1. The number of hydrogen-bond acceptors (Lipinski definition) is 3. The van der Waals surface area contributed by atoms with Gasteiger partial charge < -0.3 is 10.2 Å². The third kappa shape index (κ3) is 2.38. The predicted molar refractivity (Wildman–Crippen MR) is 82.9 cm³/mol. The van der Waals surface area contributed by atoms with Gasteiger partial charge in [0.1, 0.15) is 25.0 Å². The molecule has 102 valence electrons. The maximum Gasteiger partial charge on any atom is 0.128 e. The average Bonchev–Trinajstić information content (AvgIpc) is 2.82. The van der Waals surface area contributed by atoms with Gasteiger partial charge in [0.15, 0.2) is 0 Å². The highest BCUT2D eigenvalue weighted by Gasteiger charge is 2.17. The van der Waals surface area contributed by atoms with Gasteiger partial charge in [-0.05, 0) is 24.6 Å². The summed E-state index contributed by atoms with van der Waals surface area (Å²) in [5.74, 6) is -0.00395. The molecule has 4 nitrogen and oxygen atoms in total. The first-order valence-electron chi connectivity index (χ1n) is 6.49. The molecule has 0 aliphatic heterocycles. The van der Waals surface area contributed by atoms with Crippen LogP contribution in [-0.4, -0.2) is 28.3 Å². The number of aromatic hydroxyl groups is 2. The Kier molecular flexibility index (Phi) is 3.18. The molecule has 0 bridgehead atoms. The zero-order chi connectivity index (χ0) is 15.0. The monoisotopic (exact) mass is 276 g/mol. The fourth-order valence-corrected chi connectivity index (χ4v) is 2.35. The van der Waals surface area contributed by atoms with E-state index >= 15 is 0 Å². The van der Waals surface area contributed by atoms with Crippen molar-refractivity contribution in [3.05, 3.63) is 48.2 Å². The average molecular weight is 276 g/mol. The summed E-state index contributed by atoms with van der Waals surface area (Å²) in [5.41, 5.74) is 4.63. The lowest BCUT2D eigenvalue weighted by molar-refractivity contribution is 0.452. The molecule has 2 radical (unpaired) electrons. The summed E-state index contributed by atoms with van der Waals surface area (Å²) in [7, 11) is 5.72. The standard InChI is InChI=1S/C16H13BN2O2/c1-9-15(10-2-4-11(17)5-3-10)16(19-18-9)13-7-6-12(20)8-14(13)21/h2-8,20-21H,1H3,(H,18,19). The highest BCUT2D eigenvalue weighted by Crippen LogP contribution is 2.38. The number of rotatable bonds is 2. The summed E-state index contributed by atoms with van der Waals surface area (Å²) in [6, 6.07) is 11.9. The van der Waals surface area contributed by atoms with Gasteiger partial charge in [-0.2, -0.15) is 5.10 Å². The first-order valence-corrected chi connectivity index (χ1v) is 6.49. The summed E-state index contributed by atoms with van der Waals surface area (Å²) < 4.78 is 0. The van der Waals surface area contributed by atoms with Crippen LogP contribution in [0.1, 0.15) is 5.69 Å². The molecule has 0 saturated carbocycles. The first-order chi connectivity index (χ1) is 10.1. The van der Waals surface area contributed by atoms with Gasteiger partial charge >= 0.3 is 0 Å². The molecule has 0 atom stereocenters. The number of aromatic amines is 1. The summed E-state index contributed by atoms with van der Waals surface area (Å²) in [6.07, 6.45) is 0. The fraction of sp³-hybridized carbons (Fsp3) is 0.0625. The Morgan fingerprint density at radius 1 is 1.05 bits per heavy atom. The van der Waals surface area contributed by atoms with Crippen molar-refractivity contribution < 1.29 is 10.2 Å². The molecule has 3 rings (SSSR count). The van der Waals surface area contributed by atoms with E-state index in [1.165, 1.54) is 12.1 Å². The number of hydrogen-bond donors (Lipinski definition) is 3. The van der Waals surface area contributed by atoms with E-state index in [0.29, 0.717) is 16.7 Å². The molecule has 3 N–H and O–H groups in total. The van der Waals surface area contributed by atoms with E-state index in [9.17, 15) is 10.2 Å². The lowest BCUT2D eigenvalue weighted by Crippen LogP contribution is -1.99. The van der Waals surface area contributed by atoms with E-state index in [0.717, 1.165) is 16.8 Å². The van der Waals surface area contributed by atoms with Crippen LogP contribution in [0.15, 0.2) is 42.5 Å². The van der Waals surface area contributed by atoms with Gasteiger partial charge in [-0.15, -0.1) is 0 Å². The number of H-pyrrole nitrogens is 1. The SMILES string of the molecule is [B]c1ccc(-c2c(-c3ccc(O)cc3O)n[nH]c2C)cc1. The highest BCUT2D eigenvalue weighted by atomic mass is 16.3. The second-order valence-corrected chi connectivity index (χ2v) is 4.90. The van der Waals surface area contributed by atoms with Crippen molar-refractivity contribution in [2.24, 2.45) is 0 Å². The molecule has 21 heavy (non-hydrogen) atoms. The van der Waals surface area contributed by atoms with Crippen molar-refractivity contribution in [3.63, 3.8) is 0 Å². The molecule has 2 aromatic carbocycles. The first kappa shape index (κ1) is 13.3. The van der Waals surface area contributed by atoms with Crippen molar-refractivity contribution >= 4 is 13.3 Å². The number of benzene rings is 2. The second-order valence-electron chi connectivity index (χ2n) is 4.90. The molecular weight excluding hydrogens is 263 g/mol. The van der Waals surface area contributed by atoms with Crippen molar-refractivity contribution in [3.8, 4) is 33.9 Å². The zero-order valence-corrected chi connectivity index (χ0v) is 11.5. The summed E-state index contributed by atoms with van der Waals surface area (Å²) in [5, 5.41) is 26.7. The smallest absolute Gasteiger partial charge is 0.128 e. The normalized spacial score (nSPS) is 10.7. The Bertz CT molecular complexity index is 795. The zero-order valence-electron chi connectivity index (χ0n) is 11.5. The van der Waals surface area contributed by atoms with Crippen LogP contribution in [0.3, 0.4) is 0 Å². The molecule has 1 heterocycles. The lowest BCUT2D eigenvalue weighted by Gasteiger charge is -2.07. The summed E-state index contributed by atoms with van der Waals surface area (Å²) >= 11 is 0. The topological polar surface area (TPSA) is 69.1 Å². The minimum absolute atomic E-state index is 0.0116. The van der Waals surface area contributed by atoms with Gasteiger partial charge in [0.2, 0.25) is 0 Å². The van der Waals surface area contributed by atoms with Gasteiger partial charge in [-0.25, -0.2) is 0 Å². The number of phenolic OH excluding ortho intramolecular Hbond substituents is 2. The Morgan fingerprint density at radius 3 is 2.43 bits per heavy atom. The van der Waals surface area contributed by atoms with Crippen molar-refractivity contribution in [1.82, 2.24) is 10.2 Å². The third-order valence-electron chi connectivity index (χ3n) is 3.38. The van der Waals surface area contributed by atoms with Gasteiger partial charge in [-0.1, -0.05) is 29.7 Å². The minimum atomic E-state index is -0.0156. The number of nitrogens with zero attached hydrogens (tertiary/aromatic N) is 1. The van der Waals surface area contributed by atoms with E-state index < -0.39 is 0 Å². The van der Waals surface area contributed by atoms with E-state index in [-0.39, 0.29) is 11.5 Å². The summed E-state index contributed by atoms with van der Waals surface area (Å²) in [6.45, 7) is 1.92. The maximum absolute atomic E-state index is 10.0. The third-order valence-corrected chi connectivity index (χ3v) is 3.38. The fourth-order valence-electron chi connectivity index (χ4n) is 2.35. The van der Waals surface area contributed by atoms with Gasteiger partial charge in [-0.3, -0.25) is 5.10 Å². The largest absolute Gasteiger partial charge is 0.508 e. The number of aryl methyl sites for hydroxylation is 1. The Hall–Kier alpha value is -2.69. The van der Waals surface area contributed by atoms with Gasteiger partial charge in [0.05, 0.1) is 0 Å². The Morgan fingerprint density at radius 2 is 1.76 bits per heavy atom. The van der Waals surface area contributed by atoms with Crippen LogP contribution in [-0.2, 0) is 0 Å². The molecule has 5 heteroatoms. The van der Waals surface area contributed by atoms with Gasteiger partial charge in [0.25, 0.3) is 0 Å². The van der Waals surface area contributed by atoms with Crippen LogP contribution in [0.4, 0.5) is 0 Å². The number of phenols is 2. The van der Waals surface area contributed by atoms with Crippen LogP contribution < -0.4 is 5.46 Å². The molecule has 0 spiro atoms. The molecule has 0 aliphatic rings. The molecule has 0 unspecified atom stereocenters. The predicted octanol–water partition coefficient (Wildman–Crippen LogP) is 2.26. The van der Waals surface area contributed by atoms with Crippen molar-refractivity contribution in [2.45, 2.75) is 6.92 Å². The Balaban J connectivity index is 2.19. The maximum atomic E-state index is 10.0. The molecular formula is C16H13BN2O2. The van der Waals surface area contributed by atoms with Crippen LogP contribution in [0, 0.1) is 6.92 Å². The molecule has 1 aromatic heterocycles. The van der Waals surface area contributed by atoms with Crippen molar-refractivity contribution in [2.75, 3.05) is 0 Å². The number of aromatic nitrogens is 2.